The first kappa shape index (κ1) is 31.4. The van der Waals surface area contributed by atoms with Crippen LogP contribution in [-0.4, -0.2) is 56.9 Å². The molecule has 1 saturated carbocycles. The highest BCUT2D eigenvalue weighted by molar-refractivity contribution is 7.92. The fraction of sp³-hybridized carbons (Fsp3) is 0.406. The van der Waals surface area contributed by atoms with Crippen LogP contribution in [0.15, 0.2) is 76.7 Å². The smallest absolute Gasteiger partial charge is 0.368 e. The standard InChI is InChI=1S/C32H37N7O6S/c40-28(24-8-3-17-33-20-24)21-34-31(41)30-15-9-23-19-27(14-16-29(23)45-30)46(43,44)35-25-10-12-26(13-11-25)39-32(42)38(36-37-39)18-4-7-22-5-1-2-6-22/h3,8,10-14,16-17,19-20,22,28,30,35,40H,1-2,4-7,9,15,18,21H2,(H,34,41). The number of pyridine rings is 1. The number of aliphatic hydroxyl groups excluding tert-OH is 1. The second kappa shape index (κ2) is 13.8. The van der Waals surface area contributed by atoms with Gasteiger partial charge < -0.3 is 15.2 Å². The third kappa shape index (κ3) is 7.29. The molecule has 6 rings (SSSR count). The molecule has 242 valence electrons. The van der Waals surface area contributed by atoms with Gasteiger partial charge in [0.2, 0.25) is 0 Å². The van der Waals surface area contributed by atoms with Gasteiger partial charge in [-0.2, -0.15) is 9.36 Å². The quantitative estimate of drug-likeness (QED) is 0.209. The second-order valence-corrected chi connectivity index (χ2v) is 13.5. The summed E-state index contributed by atoms with van der Waals surface area (Å²) in [6, 6.07) is 14.3. The van der Waals surface area contributed by atoms with E-state index in [1.807, 2.05) is 0 Å². The summed E-state index contributed by atoms with van der Waals surface area (Å²) in [5.41, 5.74) is 1.73. The zero-order valence-corrected chi connectivity index (χ0v) is 26.1. The van der Waals surface area contributed by atoms with E-state index in [9.17, 15) is 23.1 Å². The number of carbonyl (C=O) groups excluding carboxylic acids is 1. The van der Waals surface area contributed by atoms with Gasteiger partial charge in [0.15, 0.2) is 6.10 Å². The van der Waals surface area contributed by atoms with Crippen molar-refractivity contribution in [2.45, 2.75) is 75.0 Å². The maximum atomic E-state index is 13.2. The molecule has 2 aliphatic rings. The number of hydrogen-bond donors (Lipinski definition) is 3. The van der Waals surface area contributed by atoms with Crippen molar-refractivity contribution in [1.82, 2.24) is 30.1 Å². The van der Waals surface area contributed by atoms with Crippen LogP contribution in [0.3, 0.4) is 0 Å². The lowest BCUT2D eigenvalue weighted by atomic mass is 10.0. The summed E-state index contributed by atoms with van der Waals surface area (Å²) in [7, 11) is -3.94. The summed E-state index contributed by atoms with van der Waals surface area (Å²) in [6.07, 6.45) is 9.34. The molecule has 13 nitrogen and oxygen atoms in total. The number of aliphatic hydroxyl groups is 1. The molecule has 1 amide bonds. The molecular weight excluding hydrogens is 610 g/mol. The first-order chi connectivity index (χ1) is 22.3. The van der Waals surface area contributed by atoms with Crippen LogP contribution < -0.4 is 20.5 Å². The van der Waals surface area contributed by atoms with Crippen molar-refractivity contribution >= 4 is 21.6 Å². The third-order valence-electron chi connectivity index (χ3n) is 8.58. The van der Waals surface area contributed by atoms with Gasteiger partial charge in [0, 0.05) is 36.7 Å². The number of nitrogens with zero attached hydrogens (tertiary/aromatic N) is 5. The Morgan fingerprint density at radius 2 is 1.87 bits per heavy atom. The number of rotatable bonds is 12. The minimum Gasteiger partial charge on any atom is -0.480 e. The number of tetrazole rings is 1. The van der Waals surface area contributed by atoms with E-state index >= 15 is 0 Å². The van der Waals surface area contributed by atoms with Crippen molar-refractivity contribution in [2.24, 2.45) is 5.92 Å². The summed E-state index contributed by atoms with van der Waals surface area (Å²) >= 11 is 0. The van der Waals surface area contributed by atoms with Crippen LogP contribution in [0.5, 0.6) is 5.75 Å². The normalized spacial score (nSPS) is 17.2. The van der Waals surface area contributed by atoms with Gasteiger partial charge in [-0.15, -0.1) is 0 Å². The van der Waals surface area contributed by atoms with E-state index < -0.39 is 22.2 Å². The number of anilines is 1. The van der Waals surface area contributed by atoms with E-state index in [0.29, 0.717) is 47.6 Å². The van der Waals surface area contributed by atoms with Crippen LogP contribution in [0, 0.1) is 5.92 Å². The summed E-state index contributed by atoms with van der Waals surface area (Å²) in [6.45, 7) is 0.530. The topological polar surface area (TPSA) is 170 Å². The number of aromatic nitrogens is 5. The molecule has 1 aliphatic heterocycles. The SMILES string of the molecule is O=C(NCC(O)c1cccnc1)C1CCc2cc(S(=O)(=O)Nc3ccc(-n4nnn(CCCC5CCCC5)c4=O)cc3)ccc2O1. The maximum Gasteiger partial charge on any atom is 0.368 e. The van der Waals surface area contributed by atoms with Gasteiger partial charge in [0.25, 0.3) is 15.9 Å². The first-order valence-electron chi connectivity index (χ1n) is 15.6. The molecule has 0 radical (unpaired) electrons. The van der Waals surface area contributed by atoms with Crippen molar-refractivity contribution < 1.29 is 23.1 Å². The molecule has 2 atom stereocenters. The molecule has 2 unspecified atom stereocenters. The second-order valence-electron chi connectivity index (χ2n) is 11.8. The number of hydrogen-bond acceptors (Lipinski definition) is 9. The number of amides is 1. The highest BCUT2D eigenvalue weighted by Gasteiger charge is 2.28. The van der Waals surface area contributed by atoms with Gasteiger partial charge in [0.05, 0.1) is 16.7 Å². The van der Waals surface area contributed by atoms with Crippen LogP contribution in [0.25, 0.3) is 5.69 Å². The van der Waals surface area contributed by atoms with E-state index in [2.05, 4.69) is 25.4 Å². The van der Waals surface area contributed by atoms with Crippen LogP contribution in [0.1, 0.15) is 62.2 Å². The number of sulfonamides is 1. The Kier molecular flexibility index (Phi) is 9.45. The highest BCUT2D eigenvalue weighted by atomic mass is 32.2. The summed E-state index contributed by atoms with van der Waals surface area (Å²) in [5, 5.41) is 21.0. The Hall–Kier alpha value is -4.56. The molecule has 2 aromatic carbocycles. The fourth-order valence-corrected chi connectivity index (χ4v) is 7.12. The summed E-state index contributed by atoms with van der Waals surface area (Å²) in [5.74, 6) is 0.812. The van der Waals surface area contributed by atoms with E-state index in [0.717, 1.165) is 18.8 Å². The Bertz CT molecular complexity index is 1820. The molecule has 0 spiro atoms. The van der Waals surface area contributed by atoms with Crippen molar-refractivity contribution in [3.05, 3.63) is 88.6 Å². The third-order valence-corrected chi connectivity index (χ3v) is 9.96. The molecule has 46 heavy (non-hydrogen) atoms. The number of ether oxygens (including phenoxy) is 1. The highest BCUT2D eigenvalue weighted by Crippen LogP contribution is 2.31. The fourth-order valence-electron chi connectivity index (χ4n) is 6.01. The molecule has 2 aromatic heterocycles. The zero-order valence-electron chi connectivity index (χ0n) is 25.3. The lowest BCUT2D eigenvalue weighted by Gasteiger charge is -2.26. The van der Waals surface area contributed by atoms with Gasteiger partial charge in [-0.05, 0) is 96.1 Å². The molecule has 4 aromatic rings. The number of nitrogens with one attached hydrogen (secondary N) is 2. The van der Waals surface area contributed by atoms with Gasteiger partial charge in [-0.25, -0.2) is 13.2 Å². The minimum atomic E-state index is -3.94. The predicted molar refractivity (Wildman–Crippen MR) is 169 cm³/mol. The lowest BCUT2D eigenvalue weighted by molar-refractivity contribution is -0.129. The Morgan fingerprint density at radius 1 is 1.07 bits per heavy atom. The largest absolute Gasteiger partial charge is 0.480 e. The van der Waals surface area contributed by atoms with Gasteiger partial charge >= 0.3 is 5.69 Å². The Balaban J connectivity index is 1.04. The zero-order chi connectivity index (χ0) is 32.1. The molecular formula is C32H37N7O6S. The Labute approximate surface area is 266 Å². The van der Waals surface area contributed by atoms with Gasteiger partial charge in [-0.3, -0.25) is 14.5 Å². The van der Waals surface area contributed by atoms with Crippen LogP contribution in [0.2, 0.25) is 0 Å². The maximum absolute atomic E-state index is 13.2. The van der Waals surface area contributed by atoms with E-state index in [1.54, 1.807) is 48.7 Å². The number of carbonyl (C=O) groups is 1. The molecule has 1 fully saturated rings. The average Bonchev–Trinajstić information content (AvgIpc) is 3.73. The van der Waals surface area contributed by atoms with Gasteiger partial charge in [-0.1, -0.05) is 31.7 Å². The van der Waals surface area contributed by atoms with Gasteiger partial charge in [0.1, 0.15) is 5.75 Å². The van der Waals surface area contributed by atoms with E-state index in [-0.39, 0.29) is 23.0 Å². The first-order valence-corrected chi connectivity index (χ1v) is 17.1. The Morgan fingerprint density at radius 3 is 2.63 bits per heavy atom. The molecule has 0 bridgehead atoms. The molecule has 1 aliphatic carbocycles. The van der Waals surface area contributed by atoms with Crippen molar-refractivity contribution in [1.29, 1.82) is 0 Å². The molecule has 3 heterocycles. The molecule has 0 saturated heterocycles. The summed E-state index contributed by atoms with van der Waals surface area (Å²) < 4.78 is 37.4. The number of aryl methyl sites for hydroxylation is 2. The van der Waals surface area contributed by atoms with Crippen molar-refractivity contribution in [3.63, 3.8) is 0 Å². The van der Waals surface area contributed by atoms with E-state index in [4.69, 9.17) is 4.74 Å². The van der Waals surface area contributed by atoms with E-state index in [1.165, 1.54) is 53.4 Å². The molecule has 14 heteroatoms. The monoisotopic (exact) mass is 647 g/mol. The van der Waals surface area contributed by atoms with Crippen LogP contribution in [-0.2, 0) is 27.8 Å². The van der Waals surface area contributed by atoms with Crippen LogP contribution in [0.4, 0.5) is 5.69 Å². The number of fused-ring (bicyclic) bond motifs is 1. The number of benzene rings is 2. The van der Waals surface area contributed by atoms with Crippen molar-refractivity contribution in [3.8, 4) is 11.4 Å². The predicted octanol–water partition coefficient (Wildman–Crippen LogP) is 3.14. The van der Waals surface area contributed by atoms with Crippen LogP contribution >= 0.6 is 0 Å². The minimum absolute atomic E-state index is 0.0122. The van der Waals surface area contributed by atoms with Crippen molar-refractivity contribution in [2.75, 3.05) is 11.3 Å². The average molecular weight is 648 g/mol. The molecule has 3 N–H and O–H groups in total. The lowest BCUT2D eigenvalue weighted by Crippen LogP contribution is -2.42. The summed E-state index contributed by atoms with van der Waals surface area (Å²) in [4.78, 5) is 29.5.